The lowest BCUT2D eigenvalue weighted by Crippen LogP contribution is -2.40. The predicted octanol–water partition coefficient (Wildman–Crippen LogP) is 1.01. The second-order valence-electron chi connectivity index (χ2n) is 5.17. The van der Waals surface area contributed by atoms with E-state index in [0.717, 1.165) is 17.7 Å². The van der Waals surface area contributed by atoms with Crippen molar-refractivity contribution in [2.75, 3.05) is 13.1 Å². The lowest BCUT2D eigenvalue weighted by atomic mass is 10.1. The van der Waals surface area contributed by atoms with E-state index in [9.17, 15) is 9.90 Å². The summed E-state index contributed by atoms with van der Waals surface area (Å²) < 4.78 is 0. The molecular weight excluding hydrogens is 240 g/mol. The Balaban J connectivity index is 2.01. The molecule has 0 fully saturated rings. The zero-order valence-corrected chi connectivity index (χ0v) is 11.5. The van der Waals surface area contributed by atoms with Gasteiger partial charge in [-0.1, -0.05) is 38.1 Å². The summed E-state index contributed by atoms with van der Waals surface area (Å²) in [5, 5.41) is 16.2. The average molecular weight is 262 g/mol. The lowest BCUT2D eigenvalue weighted by Gasteiger charge is -2.20. The number of amides is 1. The molecule has 0 aliphatic heterocycles. The van der Waals surface area contributed by atoms with Crippen LogP contribution in [-0.4, -0.2) is 30.2 Å². The lowest BCUT2D eigenvalue weighted by molar-refractivity contribution is -0.125. The predicted molar refractivity (Wildman–Crippen MR) is 74.7 cm³/mol. The molecule has 3 atom stereocenters. The highest BCUT2D eigenvalue weighted by Gasteiger charge is 2.32. The first kappa shape index (κ1) is 14.0. The second kappa shape index (κ2) is 6.17. The molecule has 4 nitrogen and oxygen atoms in total. The van der Waals surface area contributed by atoms with Gasteiger partial charge in [-0.2, -0.15) is 0 Å². The second-order valence-corrected chi connectivity index (χ2v) is 5.17. The van der Waals surface area contributed by atoms with Gasteiger partial charge in [0.05, 0.1) is 12.1 Å². The van der Waals surface area contributed by atoms with Gasteiger partial charge in [-0.05, 0) is 17.7 Å². The molecule has 1 unspecified atom stereocenters. The molecule has 19 heavy (non-hydrogen) atoms. The van der Waals surface area contributed by atoms with Crippen LogP contribution in [0.2, 0.25) is 0 Å². The Labute approximate surface area is 114 Å². The molecule has 4 heteroatoms. The number of benzene rings is 1. The molecule has 0 radical (unpaired) electrons. The number of aliphatic hydroxyl groups is 1. The van der Waals surface area contributed by atoms with Gasteiger partial charge in [0.2, 0.25) is 5.91 Å². The molecule has 1 aromatic carbocycles. The van der Waals surface area contributed by atoms with E-state index in [1.165, 1.54) is 0 Å². The van der Waals surface area contributed by atoms with Gasteiger partial charge in [0.15, 0.2) is 0 Å². The Morgan fingerprint density at radius 1 is 1.47 bits per heavy atom. The monoisotopic (exact) mass is 262 g/mol. The summed E-state index contributed by atoms with van der Waals surface area (Å²) >= 11 is 0. The van der Waals surface area contributed by atoms with Crippen LogP contribution in [0.5, 0.6) is 0 Å². The van der Waals surface area contributed by atoms with E-state index in [1.807, 2.05) is 38.1 Å². The Kier molecular flexibility index (Phi) is 4.56. The van der Waals surface area contributed by atoms with E-state index in [1.54, 1.807) is 0 Å². The Morgan fingerprint density at radius 3 is 2.95 bits per heavy atom. The van der Waals surface area contributed by atoms with Crippen LogP contribution < -0.4 is 10.6 Å². The van der Waals surface area contributed by atoms with Crippen LogP contribution in [0.1, 0.15) is 31.0 Å². The molecule has 0 heterocycles. The molecule has 104 valence electrons. The summed E-state index contributed by atoms with van der Waals surface area (Å²) in [5.41, 5.74) is 2.17. The smallest absolute Gasteiger partial charge is 0.224 e. The van der Waals surface area contributed by atoms with E-state index in [-0.39, 0.29) is 17.9 Å². The van der Waals surface area contributed by atoms with Gasteiger partial charge in [0.25, 0.3) is 0 Å². The fourth-order valence-electron chi connectivity index (χ4n) is 2.50. The summed E-state index contributed by atoms with van der Waals surface area (Å²) in [6.07, 6.45) is 0.0931. The number of fused-ring (bicyclic) bond motifs is 1. The molecule has 1 amide bonds. The first-order chi connectivity index (χ1) is 9.13. The third kappa shape index (κ3) is 3.14. The van der Waals surface area contributed by atoms with Crippen molar-refractivity contribution in [2.45, 2.75) is 32.4 Å². The maximum atomic E-state index is 12.1. The van der Waals surface area contributed by atoms with Gasteiger partial charge in [-0.3, -0.25) is 4.79 Å². The fourth-order valence-corrected chi connectivity index (χ4v) is 2.50. The van der Waals surface area contributed by atoms with Crippen LogP contribution in [0.25, 0.3) is 0 Å². The van der Waals surface area contributed by atoms with Gasteiger partial charge in [0.1, 0.15) is 0 Å². The van der Waals surface area contributed by atoms with Gasteiger partial charge in [0, 0.05) is 18.9 Å². The number of aliphatic hydroxyl groups excluding tert-OH is 1. The molecular formula is C15H22N2O2. The number of carbonyl (C=O) groups is 1. The van der Waals surface area contributed by atoms with Crippen molar-refractivity contribution in [1.82, 2.24) is 10.6 Å². The first-order valence-electron chi connectivity index (χ1n) is 6.90. The van der Waals surface area contributed by atoms with Gasteiger partial charge < -0.3 is 15.7 Å². The zero-order chi connectivity index (χ0) is 13.8. The highest BCUT2D eigenvalue weighted by molar-refractivity contribution is 5.79. The minimum Gasteiger partial charge on any atom is -0.390 e. The summed E-state index contributed by atoms with van der Waals surface area (Å²) in [5.74, 6) is -0.110. The molecule has 0 bridgehead atoms. The van der Waals surface area contributed by atoms with Crippen LogP contribution in [0.15, 0.2) is 24.3 Å². The van der Waals surface area contributed by atoms with Crippen LogP contribution in [0.4, 0.5) is 0 Å². The van der Waals surface area contributed by atoms with Crippen LogP contribution >= 0.6 is 0 Å². The number of nitrogens with one attached hydrogen (secondary N) is 2. The van der Waals surface area contributed by atoms with E-state index in [2.05, 4.69) is 10.6 Å². The molecule has 0 saturated heterocycles. The van der Waals surface area contributed by atoms with Crippen molar-refractivity contribution < 1.29 is 9.90 Å². The molecule has 0 aromatic heterocycles. The number of hydrogen-bond donors (Lipinski definition) is 3. The van der Waals surface area contributed by atoms with Crippen molar-refractivity contribution in [2.24, 2.45) is 5.92 Å². The summed E-state index contributed by atoms with van der Waals surface area (Å²) in [6.45, 7) is 5.42. The molecule has 3 N–H and O–H groups in total. The third-order valence-electron chi connectivity index (χ3n) is 3.65. The summed E-state index contributed by atoms with van der Waals surface area (Å²) in [7, 11) is 0. The fraction of sp³-hybridized carbons (Fsp3) is 0.533. The molecule has 1 aliphatic rings. The Morgan fingerprint density at radius 2 is 2.21 bits per heavy atom. The third-order valence-corrected chi connectivity index (χ3v) is 3.65. The maximum Gasteiger partial charge on any atom is 0.224 e. The Bertz CT molecular complexity index is 448. The first-order valence-corrected chi connectivity index (χ1v) is 6.90. The summed E-state index contributed by atoms with van der Waals surface area (Å²) in [4.78, 5) is 12.1. The number of carbonyl (C=O) groups excluding carboxylic acids is 1. The molecule has 0 saturated carbocycles. The standard InChI is InChI=1S/C15H22N2O2/c1-3-16-9-10(2)15(19)17-14-12-7-5-4-6-11(12)8-13(14)18/h4-7,10,13-14,16,18H,3,8-9H2,1-2H3,(H,17,19)/t10?,13-,14+/m1/s1. The molecule has 1 aliphatic carbocycles. The van der Waals surface area contributed by atoms with E-state index in [4.69, 9.17) is 0 Å². The highest BCUT2D eigenvalue weighted by Crippen LogP contribution is 2.31. The van der Waals surface area contributed by atoms with Gasteiger partial charge in [-0.25, -0.2) is 0 Å². The van der Waals surface area contributed by atoms with Gasteiger partial charge >= 0.3 is 0 Å². The van der Waals surface area contributed by atoms with E-state index in [0.29, 0.717) is 13.0 Å². The maximum absolute atomic E-state index is 12.1. The van der Waals surface area contributed by atoms with E-state index < -0.39 is 6.10 Å². The topological polar surface area (TPSA) is 61.4 Å². The SMILES string of the molecule is CCNCC(C)C(=O)N[C@H]1c2ccccc2C[C@H]1O. The minimum atomic E-state index is -0.521. The number of rotatable bonds is 5. The van der Waals surface area contributed by atoms with E-state index >= 15 is 0 Å². The summed E-state index contributed by atoms with van der Waals surface area (Å²) in [6, 6.07) is 7.62. The number of hydrogen-bond acceptors (Lipinski definition) is 3. The van der Waals surface area contributed by atoms with Crippen LogP contribution in [-0.2, 0) is 11.2 Å². The van der Waals surface area contributed by atoms with Crippen molar-refractivity contribution in [1.29, 1.82) is 0 Å². The largest absolute Gasteiger partial charge is 0.390 e. The van der Waals surface area contributed by atoms with Crippen molar-refractivity contribution in [3.8, 4) is 0 Å². The normalized spacial score (nSPS) is 22.9. The van der Waals surface area contributed by atoms with Crippen molar-refractivity contribution in [3.63, 3.8) is 0 Å². The van der Waals surface area contributed by atoms with Gasteiger partial charge in [-0.15, -0.1) is 0 Å². The zero-order valence-electron chi connectivity index (χ0n) is 11.5. The Hall–Kier alpha value is -1.39. The molecule has 2 rings (SSSR count). The van der Waals surface area contributed by atoms with Crippen LogP contribution in [0, 0.1) is 5.92 Å². The molecule has 0 spiro atoms. The highest BCUT2D eigenvalue weighted by atomic mass is 16.3. The van der Waals surface area contributed by atoms with Crippen molar-refractivity contribution in [3.05, 3.63) is 35.4 Å². The molecule has 1 aromatic rings. The van der Waals surface area contributed by atoms with Crippen molar-refractivity contribution >= 4 is 5.91 Å². The average Bonchev–Trinajstić information content (AvgIpc) is 2.72. The minimum absolute atomic E-state index is 0.0123. The quantitative estimate of drug-likeness (QED) is 0.742. The van der Waals surface area contributed by atoms with Crippen LogP contribution in [0.3, 0.4) is 0 Å².